The third-order valence-electron chi connectivity index (χ3n) is 6.18. The van der Waals surface area contributed by atoms with Crippen LogP contribution in [-0.4, -0.2) is 60.1 Å². The Morgan fingerprint density at radius 3 is 2.63 bits per heavy atom. The van der Waals surface area contributed by atoms with Crippen molar-refractivity contribution in [2.45, 2.75) is 33.5 Å². The number of aryl methyl sites for hydroxylation is 2. The summed E-state index contributed by atoms with van der Waals surface area (Å²) in [5.41, 5.74) is 4.87. The lowest BCUT2D eigenvalue weighted by atomic mass is 10.0. The molecule has 1 saturated heterocycles. The van der Waals surface area contributed by atoms with Crippen LogP contribution in [0.25, 0.3) is 0 Å². The molecule has 0 radical (unpaired) electrons. The predicted molar refractivity (Wildman–Crippen MR) is 131 cm³/mol. The van der Waals surface area contributed by atoms with E-state index in [0.29, 0.717) is 32.1 Å². The molecule has 0 aliphatic carbocycles. The van der Waals surface area contributed by atoms with Crippen LogP contribution in [-0.2, 0) is 24.4 Å². The van der Waals surface area contributed by atoms with Gasteiger partial charge < -0.3 is 14.5 Å². The van der Waals surface area contributed by atoms with Crippen molar-refractivity contribution in [2.24, 2.45) is 0 Å². The van der Waals surface area contributed by atoms with Crippen molar-refractivity contribution in [2.75, 3.05) is 39.4 Å². The topological polar surface area (TPSA) is 70.8 Å². The molecule has 0 bridgehead atoms. The lowest BCUT2D eigenvalue weighted by Crippen LogP contribution is -2.41. The highest BCUT2D eigenvalue weighted by Gasteiger charge is 2.17. The van der Waals surface area contributed by atoms with Crippen LogP contribution in [0, 0.1) is 19.7 Å². The minimum Gasteiger partial charge on any atom is -0.447 e. The Bertz CT molecular complexity index is 1110. The molecule has 7 nitrogen and oxygen atoms in total. The molecule has 0 atom stereocenters. The maximum Gasteiger partial charge on any atom is 0.273 e. The third kappa shape index (κ3) is 7.45. The second-order valence-corrected chi connectivity index (χ2v) is 9.04. The highest BCUT2D eigenvalue weighted by molar-refractivity contribution is 5.91. The average Bonchev–Trinajstić information content (AvgIpc) is 3.32. The lowest BCUT2D eigenvalue weighted by Gasteiger charge is -2.26. The van der Waals surface area contributed by atoms with Crippen molar-refractivity contribution >= 4 is 5.91 Å². The molecule has 2 aromatic carbocycles. The van der Waals surface area contributed by atoms with Crippen molar-refractivity contribution in [3.8, 4) is 0 Å². The Labute approximate surface area is 205 Å². The largest absolute Gasteiger partial charge is 0.447 e. The number of rotatable bonds is 10. The van der Waals surface area contributed by atoms with Gasteiger partial charge >= 0.3 is 0 Å². The lowest BCUT2D eigenvalue weighted by molar-refractivity contribution is 0.0383. The molecule has 8 heteroatoms. The monoisotopic (exact) mass is 480 g/mol. The van der Waals surface area contributed by atoms with Gasteiger partial charge in [-0.25, -0.2) is 9.37 Å². The van der Waals surface area contributed by atoms with E-state index in [4.69, 9.17) is 9.15 Å². The smallest absolute Gasteiger partial charge is 0.273 e. The second-order valence-electron chi connectivity index (χ2n) is 9.04. The molecular formula is C27H33FN4O3. The Kier molecular flexibility index (Phi) is 8.63. The van der Waals surface area contributed by atoms with Crippen LogP contribution in [0.3, 0.4) is 0 Å². The molecule has 186 valence electrons. The molecular weight excluding hydrogens is 447 g/mol. The number of ether oxygens (including phenoxy) is 1. The first-order valence-corrected chi connectivity index (χ1v) is 12.0. The molecule has 0 saturated carbocycles. The number of halogens is 1. The van der Waals surface area contributed by atoms with E-state index in [2.05, 4.69) is 52.1 Å². The zero-order valence-corrected chi connectivity index (χ0v) is 20.4. The van der Waals surface area contributed by atoms with E-state index in [9.17, 15) is 9.18 Å². The number of benzene rings is 2. The van der Waals surface area contributed by atoms with Crippen LogP contribution in [0.4, 0.5) is 4.39 Å². The van der Waals surface area contributed by atoms with Crippen molar-refractivity contribution in [3.05, 3.63) is 88.4 Å². The SMILES string of the molecule is Cc1ccc(C)c(CN(Cc2ccc(F)cc2)Cc2nc(C(=O)NCCN3CCOCC3)co2)c1. The predicted octanol–water partition coefficient (Wildman–Crippen LogP) is 3.69. The van der Waals surface area contributed by atoms with E-state index in [1.54, 1.807) is 12.1 Å². The summed E-state index contributed by atoms with van der Waals surface area (Å²) in [4.78, 5) is 21.4. The number of carbonyl (C=O) groups excluding carboxylic acids is 1. The van der Waals surface area contributed by atoms with Gasteiger partial charge in [0, 0.05) is 39.3 Å². The van der Waals surface area contributed by atoms with Crippen LogP contribution in [0.2, 0.25) is 0 Å². The number of morpholine rings is 1. The van der Waals surface area contributed by atoms with E-state index in [-0.39, 0.29) is 17.4 Å². The van der Waals surface area contributed by atoms with Gasteiger partial charge in [-0.3, -0.25) is 14.6 Å². The Hall–Kier alpha value is -3.07. The number of carbonyl (C=O) groups is 1. The first-order chi connectivity index (χ1) is 17.0. The highest BCUT2D eigenvalue weighted by Crippen LogP contribution is 2.18. The minimum atomic E-state index is -0.258. The molecule has 0 unspecified atom stereocenters. The maximum absolute atomic E-state index is 13.4. The fourth-order valence-electron chi connectivity index (χ4n) is 4.15. The number of nitrogens with zero attached hydrogens (tertiary/aromatic N) is 3. The first kappa shape index (κ1) is 25.0. The van der Waals surface area contributed by atoms with E-state index >= 15 is 0 Å². The second kappa shape index (κ2) is 12.1. The molecule has 1 aliphatic heterocycles. The van der Waals surface area contributed by atoms with Crippen LogP contribution in [0.15, 0.2) is 53.1 Å². The summed E-state index contributed by atoms with van der Waals surface area (Å²) in [7, 11) is 0. The van der Waals surface area contributed by atoms with Crippen LogP contribution in [0.1, 0.15) is 38.6 Å². The summed E-state index contributed by atoms with van der Waals surface area (Å²) in [6, 6.07) is 12.9. The van der Waals surface area contributed by atoms with Gasteiger partial charge in [0.2, 0.25) is 5.89 Å². The summed E-state index contributed by atoms with van der Waals surface area (Å²) >= 11 is 0. The van der Waals surface area contributed by atoms with Gasteiger partial charge in [0.1, 0.15) is 12.1 Å². The Balaban J connectivity index is 1.40. The van der Waals surface area contributed by atoms with E-state index in [0.717, 1.165) is 38.4 Å². The minimum absolute atomic E-state index is 0.243. The summed E-state index contributed by atoms with van der Waals surface area (Å²) in [6.07, 6.45) is 1.41. The number of hydrogen-bond acceptors (Lipinski definition) is 6. The van der Waals surface area contributed by atoms with Crippen LogP contribution >= 0.6 is 0 Å². The standard InChI is InChI=1S/C27H33FN4O3/c1-20-3-4-21(2)23(15-20)17-32(16-22-5-7-24(28)8-6-22)18-26-30-25(19-35-26)27(33)29-9-10-31-11-13-34-14-12-31/h3-8,15,19H,9-14,16-18H2,1-2H3,(H,29,33). The van der Waals surface area contributed by atoms with Crippen LogP contribution < -0.4 is 5.32 Å². The van der Waals surface area contributed by atoms with Crippen molar-refractivity contribution in [1.82, 2.24) is 20.1 Å². The van der Waals surface area contributed by atoms with Gasteiger partial charge in [-0.05, 0) is 42.7 Å². The number of hydrogen-bond donors (Lipinski definition) is 1. The number of nitrogens with one attached hydrogen (secondary N) is 1. The highest BCUT2D eigenvalue weighted by atomic mass is 19.1. The molecule has 1 aliphatic rings. The van der Waals surface area contributed by atoms with E-state index < -0.39 is 0 Å². The normalized spacial score (nSPS) is 14.4. The van der Waals surface area contributed by atoms with Crippen LogP contribution in [0.5, 0.6) is 0 Å². The molecule has 1 fully saturated rings. The summed E-state index contributed by atoms with van der Waals surface area (Å²) in [5, 5.41) is 2.92. The quantitative estimate of drug-likeness (QED) is 0.477. The summed E-state index contributed by atoms with van der Waals surface area (Å²) in [5.74, 6) is -0.0320. The molecule has 1 amide bonds. The fraction of sp³-hybridized carbons (Fsp3) is 0.407. The van der Waals surface area contributed by atoms with Gasteiger partial charge in [-0.2, -0.15) is 0 Å². The Morgan fingerprint density at radius 2 is 1.86 bits per heavy atom. The molecule has 1 aromatic heterocycles. The number of aromatic nitrogens is 1. The Morgan fingerprint density at radius 1 is 1.09 bits per heavy atom. The van der Waals surface area contributed by atoms with Gasteiger partial charge in [0.15, 0.2) is 5.69 Å². The van der Waals surface area contributed by atoms with E-state index in [1.165, 1.54) is 35.1 Å². The van der Waals surface area contributed by atoms with Crippen molar-refractivity contribution in [3.63, 3.8) is 0 Å². The average molecular weight is 481 g/mol. The molecule has 4 rings (SSSR count). The fourth-order valence-corrected chi connectivity index (χ4v) is 4.15. The summed E-state index contributed by atoms with van der Waals surface area (Å²) in [6.45, 7) is 10.4. The van der Waals surface area contributed by atoms with Gasteiger partial charge in [0.05, 0.1) is 19.8 Å². The molecule has 1 N–H and O–H groups in total. The van der Waals surface area contributed by atoms with Gasteiger partial charge in [0.25, 0.3) is 5.91 Å². The first-order valence-electron chi connectivity index (χ1n) is 12.0. The number of amides is 1. The molecule has 35 heavy (non-hydrogen) atoms. The zero-order chi connectivity index (χ0) is 24.6. The van der Waals surface area contributed by atoms with Crippen molar-refractivity contribution < 1.29 is 18.3 Å². The molecule has 0 spiro atoms. The summed E-state index contributed by atoms with van der Waals surface area (Å²) < 4.78 is 24.4. The maximum atomic E-state index is 13.4. The van der Waals surface area contributed by atoms with Gasteiger partial charge in [-0.1, -0.05) is 35.9 Å². The molecule has 3 aromatic rings. The van der Waals surface area contributed by atoms with Gasteiger partial charge in [-0.15, -0.1) is 0 Å². The van der Waals surface area contributed by atoms with E-state index in [1.807, 2.05) is 0 Å². The number of oxazole rings is 1. The van der Waals surface area contributed by atoms with Crippen molar-refractivity contribution in [1.29, 1.82) is 0 Å². The zero-order valence-electron chi connectivity index (χ0n) is 20.4. The third-order valence-corrected chi connectivity index (χ3v) is 6.18. The molecule has 2 heterocycles.